The van der Waals surface area contributed by atoms with Crippen molar-refractivity contribution >= 4 is 0 Å². The van der Waals surface area contributed by atoms with E-state index in [9.17, 15) is 0 Å². The van der Waals surface area contributed by atoms with Gasteiger partial charge >= 0.3 is 0 Å². The van der Waals surface area contributed by atoms with E-state index in [-0.39, 0.29) is 0 Å². The molecule has 0 aromatic rings. The lowest BCUT2D eigenvalue weighted by molar-refractivity contribution is 0.190. The molecule has 1 fully saturated rings. The highest BCUT2D eigenvalue weighted by atomic mass is 16.2. The zero-order valence-electron chi connectivity index (χ0n) is 9.57. The van der Waals surface area contributed by atoms with Crippen molar-refractivity contribution in [1.82, 2.24) is 4.90 Å². The number of nitrogens with zero attached hydrogens (tertiary/aromatic N) is 1. The molecule has 2 heteroatoms. The monoisotopic (exact) mass is 209 g/mol. The normalized spacial score (nSPS) is 26.1. The Balaban J connectivity index is 1.81. The molecule has 2 aliphatic rings. The van der Waals surface area contributed by atoms with E-state index in [4.69, 9.17) is 5.11 Å². The quantitative estimate of drug-likeness (QED) is 0.536. The van der Waals surface area contributed by atoms with Crippen LogP contribution in [0.1, 0.15) is 44.9 Å². The third-order valence-corrected chi connectivity index (χ3v) is 3.50. The summed E-state index contributed by atoms with van der Waals surface area (Å²) in [6, 6.07) is 1.56. The predicted octanol–water partition coefficient (Wildman–Crippen LogP) is 2.33. The van der Waals surface area contributed by atoms with E-state index in [1.54, 1.807) is 0 Å². The van der Waals surface area contributed by atoms with Gasteiger partial charge in [0.15, 0.2) is 0 Å². The molecule has 2 aliphatic carbocycles. The average molecular weight is 209 g/mol. The van der Waals surface area contributed by atoms with Crippen molar-refractivity contribution < 1.29 is 5.11 Å². The fraction of sp³-hybridized carbons (Fsp3) is 0.846. The molecule has 15 heavy (non-hydrogen) atoms. The van der Waals surface area contributed by atoms with Gasteiger partial charge in [-0.25, -0.2) is 0 Å². The van der Waals surface area contributed by atoms with Gasteiger partial charge < -0.3 is 5.11 Å². The number of allylic oxidation sites excluding steroid dienone is 1. The second kappa shape index (κ2) is 5.66. The van der Waals surface area contributed by atoms with Crippen molar-refractivity contribution in [3.8, 4) is 0 Å². The number of rotatable bonds is 6. The fourth-order valence-corrected chi connectivity index (χ4v) is 2.50. The molecule has 0 saturated heterocycles. The minimum Gasteiger partial charge on any atom is -0.396 e. The van der Waals surface area contributed by atoms with Crippen molar-refractivity contribution in [2.75, 3.05) is 13.2 Å². The van der Waals surface area contributed by atoms with Gasteiger partial charge in [0, 0.05) is 18.7 Å². The van der Waals surface area contributed by atoms with Crippen LogP contribution in [0.4, 0.5) is 0 Å². The summed E-state index contributed by atoms with van der Waals surface area (Å²) in [6.45, 7) is 1.53. The minimum atomic E-state index is 0.346. The number of hydrogen-bond acceptors (Lipinski definition) is 2. The van der Waals surface area contributed by atoms with Crippen LogP contribution in [0.3, 0.4) is 0 Å². The Morgan fingerprint density at radius 1 is 1.20 bits per heavy atom. The van der Waals surface area contributed by atoms with E-state index in [1.165, 1.54) is 38.6 Å². The molecule has 0 aliphatic heterocycles. The Bertz CT molecular complexity index is 211. The largest absolute Gasteiger partial charge is 0.396 e. The molecule has 0 amide bonds. The van der Waals surface area contributed by atoms with E-state index in [0.717, 1.165) is 18.9 Å². The lowest BCUT2D eigenvalue weighted by atomic mass is 10.0. The fourth-order valence-electron chi connectivity index (χ4n) is 2.50. The Labute approximate surface area is 93.0 Å². The van der Waals surface area contributed by atoms with Gasteiger partial charge in [-0.15, -0.1) is 0 Å². The van der Waals surface area contributed by atoms with Crippen molar-refractivity contribution in [3.05, 3.63) is 12.2 Å². The molecule has 0 aromatic carbocycles. The second-order valence-corrected chi connectivity index (χ2v) is 4.83. The van der Waals surface area contributed by atoms with Gasteiger partial charge in [-0.3, -0.25) is 4.90 Å². The summed E-state index contributed by atoms with van der Waals surface area (Å²) in [5.74, 6) is 0. The Hall–Kier alpha value is -0.340. The summed E-state index contributed by atoms with van der Waals surface area (Å²) in [4.78, 5) is 2.67. The van der Waals surface area contributed by atoms with Crippen molar-refractivity contribution in [3.63, 3.8) is 0 Å². The standard InChI is InChI=1S/C13H23NO/c15-11-5-4-10-14(13-8-9-13)12-6-2-1-3-7-12/h2,6,12-13,15H,1,3-5,7-11H2/t12-/m0/s1. The molecule has 0 spiro atoms. The molecule has 2 nitrogen and oxygen atoms in total. The number of aliphatic hydroxyl groups excluding tert-OH is 1. The molecule has 0 bridgehead atoms. The molecular weight excluding hydrogens is 186 g/mol. The topological polar surface area (TPSA) is 23.5 Å². The first-order valence-corrected chi connectivity index (χ1v) is 6.45. The number of hydrogen-bond donors (Lipinski definition) is 1. The SMILES string of the molecule is OCCCCN(C1CC1)[C@H]1C=CCCC1. The highest BCUT2D eigenvalue weighted by Crippen LogP contribution is 2.31. The molecular formula is C13H23NO. The maximum atomic E-state index is 8.81. The van der Waals surface area contributed by atoms with Crippen LogP contribution in [0.25, 0.3) is 0 Å². The third kappa shape index (κ3) is 3.32. The van der Waals surface area contributed by atoms with Gasteiger partial charge in [-0.2, -0.15) is 0 Å². The van der Waals surface area contributed by atoms with E-state index in [0.29, 0.717) is 12.6 Å². The third-order valence-electron chi connectivity index (χ3n) is 3.50. The van der Waals surface area contributed by atoms with Gasteiger partial charge in [-0.1, -0.05) is 12.2 Å². The zero-order valence-corrected chi connectivity index (χ0v) is 9.57. The van der Waals surface area contributed by atoms with Crippen LogP contribution in [-0.4, -0.2) is 35.2 Å². The summed E-state index contributed by atoms with van der Waals surface area (Å²) < 4.78 is 0. The van der Waals surface area contributed by atoms with Crippen molar-refractivity contribution in [2.24, 2.45) is 0 Å². The molecule has 2 rings (SSSR count). The van der Waals surface area contributed by atoms with Gasteiger partial charge in [0.1, 0.15) is 0 Å². The van der Waals surface area contributed by atoms with Crippen LogP contribution in [0.15, 0.2) is 12.2 Å². The van der Waals surface area contributed by atoms with Crippen LogP contribution in [0.2, 0.25) is 0 Å². The maximum Gasteiger partial charge on any atom is 0.0431 e. The molecule has 1 N–H and O–H groups in total. The van der Waals surface area contributed by atoms with Gasteiger partial charge in [0.05, 0.1) is 0 Å². The lowest BCUT2D eigenvalue weighted by Gasteiger charge is -2.31. The molecule has 86 valence electrons. The highest BCUT2D eigenvalue weighted by molar-refractivity contribution is 5.02. The molecule has 0 unspecified atom stereocenters. The first kappa shape index (κ1) is 11.2. The summed E-state index contributed by atoms with van der Waals surface area (Å²) in [5, 5.41) is 8.81. The predicted molar refractivity (Wildman–Crippen MR) is 62.8 cm³/mol. The first-order valence-electron chi connectivity index (χ1n) is 6.45. The molecule has 1 atom stereocenters. The summed E-state index contributed by atoms with van der Waals surface area (Å²) in [6.07, 6.45) is 13.6. The smallest absolute Gasteiger partial charge is 0.0431 e. The average Bonchev–Trinajstić information content (AvgIpc) is 3.10. The van der Waals surface area contributed by atoms with Crippen molar-refractivity contribution in [2.45, 2.75) is 57.0 Å². The first-order chi connectivity index (χ1) is 7.42. The highest BCUT2D eigenvalue weighted by Gasteiger charge is 2.32. The van der Waals surface area contributed by atoms with Gasteiger partial charge in [-0.05, 0) is 51.5 Å². The Morgan fingerprint density at radius 3 is 2.67 bits per heavy atom. The van der Waals surface area contributed by atoms with Gasteiger partial charge in [0.25, 0.3) is 0 Å². The summed E-state index contributed by atoms with van der Waals surface area (Å²) in [7, 11) is 0. The van der Waals surface area contributed by atoms with Gasteiger partial charge in [0.2, 0.25) is 0 Å². The lowest BCUT2D eigenvalue weighted by Crippen LogP contribution is -2.37. The Morgan fingerprint density at radius 2 is 2.07 bits per heavy atom. The number of unbranched alkanes of at least 4 members (excludes halogenated alkanes) is 1. The summed E-state index contributed by atoms with van der Waals surface area (Å²) in [5.41, 5.74) is 0. The number of aliphatic hydroxyl groups is 1. The second-order valence-electron chi connectivity index (χ2n) is 4.83. The molecule has 0 radical (unpaired) electrons. The van der Waals surface area contributed by atoms with Crippen LogP contribution in [0, 0.1) is 0 Å². The van der Waals surface area contributed by atoms with E-state index in [1.807, 2.05) is 0 Å². The molecule has 0 aromatic heterocycles. The maximum absolute atomic E-state index is 8.81. The van der Waals surface area contributed by atoms with Crippen LogP contribution >= 0.6 is 0 Å². The van der Waals surface area contributed by atoms with Crippen LogP contribution in [0.5, 0.6) is 0 Å². The summed E-state index contributed by atoms with van der Waals surface area (Å²) >= 11 is 0. The Kier molecular flexibility index (Phi) is 4.21. The molecule has 1 saturated carbocycles. The van der Waals surface area contributed by atoms with E-state index >= 15 is 0 Å². The van der Waals surface area contributed by atoms with E-state index in [2.05, 4.69) is 17.1 Å². The molecule has 0 heterocycles. The van der Waals surface area contributed by atoms with E-state index < -0.39 is 0 Å². The van der Waals surface area contributed by atoms with Crippen LogP contribution in [-0.2, 0) is 0 Å². The van der Waals surface area contributed by atoms with Crippen LogP contribution < -0.4 is 0 Å². The zero-order chi connectivity index (χ0) is 10.5. The van der Waals surface area contributed by atoms with Crippen molar-refractivity contribution in [1.29, 1.82) is 0 Å². The minimum absolute atomic E-state index is 0.346.